The van der Waals surface area contributed by atoms with Crippen LogP contribution < -0.4 is 9.62 Å². The summed E-state index contributed by atoms with van der Waals surface area (Å²) in [5.41, 5.74) is 0.378. The molecule has 3 aromatic rings. The molecule has 12 heteroatoms. The zero-order valence-corrected chi connectivity index (χ0v) is 25.9. The van der Waals surface area contributed by atoms with Crippen LogP contribution in [0.25, 0.3) is 0 Å². The number of hydrogen-bond acceptors (Lipinski definition) is 4. The van der Waals surface area contributed by atoms with E-state index in [-0.39, 0.29) is 44.7 Å². The number of carbonyl (C=O) groups is 2. The highest BCUT2D eigenvalue weighted by Gasteiger charge is 2.34. The third-order valence-electron chi connectivity index (χ3n) is 6.58. The van der Waals surface area contributed by atoms with Gasteiger partial charge in [-0.2, -0.15) is 0 Å². The summed E-state index contributed by atoms with van der Waals surface area (Å²) in [6, 6.07) is 14.6. The number of hydrogen-bond donors (Lipinski definition) is 1. The second-order valence-electron chi connectivity index (χ2n) is 9.39. The van der Waals surface area contributed by atoms with Gasteiger partial charge in [-0.15, -0.1) is 0 Å². The second kappa shape index (κ2) is 14.4. The molecule has 0 aliphatic heterocycles. The van der Waals surface area contributed by atoms with Crippen LogP contribution in [0.3, 0.4) is 0 Å². The lowest BCUT2D eigenvalue weighted by molar-refractivity contribution is -0.140. The van der Waals surface area contributed by atoms with E-state index in [1.165, 1.54) is 23.1 Å². The molecule has 2 atom stereocenters. The average Bonchev–Trinajstić information content (AvgIpc) is 2.94. The SMILES string of the molecule is CC[C@@H](C)NC(=O)[C@@H](CC)N(Cc1c(Cl)cccc1Cl)C(=O)CN(c1ccc(F)c(Cl)c1)S(=O)(=O)c1ccccc1. The molecule has 3 aromatic carbocycles. The van der Waals surface area contributed by atoms with E-state index in [1.54, 1.807) is 43.3 Å². The largest absolute Gasteiger partial charge is 0.352 e. The zero-order valence-electron chi connectivity index (χ0n) is 22.8. The Balaban J connectivity index is 2.11. The minimum atomic E-state index is -4.33. The molecular weight excluding hydrogens is 612 g/mol. The van der Waals surface area contributed by atoms with Crippen molar-refractivity contribution in [3.8, 4) is 0 Å². The van der Waals surface area contributed by atoms with Crippen LogP contribution in [0, 0.1) is 5.82 Å². The van der Waals surface area contributed by atoms with Crippen LogP contribution in [-0.2, 0) is 26.2 Å². The van der Waals surface area contributed by atoms with Gasteiger partial charge in [0.25, 0.3) is 10.0 Å². The van der Waals surface area contributed by atoms with E-state index in [1.807, 2.05) is 13.8 Å². The molecule has 0 radical (unpaired) electrons. The molecule has 0 heterocycles. The van der Waals surface area contributed by atoms with Crippen molar-refractivity contribution in [2.24, 2.45) is 0 Å². The Labute approximate surface area is 255 Å². The van der Waals surface area contributed by atoms with Crippen LogP contribution in [-0.4, -0.2) is 43.8 Å². The fourth-order valence-electron chi connectivity index (χ4n) is 4.10. The third kappa shape index (κ3) is 7.92. The van der Waals surface area contributed by atoms with Crippen LogP contribution in [0.2, 0.25) is 15.1 Å². The van der Waals surface area contributed by atoms with Crippen LogP contribution in [0.5, 0.6) is 0 Å². The molecule has 2 amide bonds. The maximum atomic E-state index is 14.1. The molecule has 7 nitrogen and oxygen atoms in total. The summed E-state index contributed by atoms with van der Waals surface area (Å²) in [6.45, 7) is 4.63. The summed E-state index contributed by atoms with van der Waals surface area (Å²) in [4.78, 5) is 28.6. The molecule has 0 aromatic heterocycles. The molecule has 0 saturated heterocycles. The number of nitrogens with one attached hydrogen (secondary N) is 1. The molecule has 41 heavy (non-hydrogen) atoms. The predicted molar refractivity (Wildman–Crippen MR) is 161 cm³/mol. The van der Waals surface area contributed by atoms with Gasteiger partial charge in [-0.3, -0.25) is 13.9 Å². The van der Waals surface area contributed by atoms with Crippen molar-refractivity contribution in [3.63, 3.8) is 0 Å². The van der Waals surface area contributed by atoms with Gasteiger partial charge in [0.2, 0.25) is 11.8 Å². The van der Waals surface area contributed by atoms with E-state index in [0.717, 1.165) is 16.4 Å². The molecule has 0 fully saturated rings. The number of rotatable bonds is 12. The quantitative estimate of drug-likeness (QED) is 0.238. The van der Waals surface area contributed by atoms with Crippen molar-refractivity contribution in [2.75, 3.05) is 10.8 Å². The van der Waals surface area contributed by atoms with Crippen LogP contribution in [0.1, 0.15) is 39.2 Å². The van der Waals surface area contributed by atoms with Gasteiger partial charge in [-0.25, -0.2) is 12.8 Å². The molecule has 3 rings (SSSR count). The number of halogens is 4. The molecular formula is C29H31Cl3FN3O4S. The van der Waals surface area contributed by atoms with Crippen molar-refractivity contribution >= 4 is 62.3 Å². The Bertz CT molecular complexity index is 1470. The molecule has 0 unspecified atom stereocenters. The second-order valence-corrected chi connectivity index (χ2v) is 12.5. The highest BCUT2D eigenvalue weighted by atomic mass is 35.5. The Morgan fingerprint density at radius 1 is 0.902 bits per heavy atom. The summed E-state index contributed by atoms with van der Waals surface area (Å²) in [7, 11) is -4.33. The van der Waals surface area contributed by atoms with Crippen molar-refractivity contribution in [2.45, 2.75) is 57.1 Å². The van der Waals surface area contributed by atoms with Crippen molar-refractivity contribution in [3.05, 3.63) is 93.2 Å². The first kappa shape index (κ1) is 32.7. The van der Waals surface area contributed by atoms with E-state index >= 15 is 0 Å². The zero-order chi connectivity index (χ0) is 30.3. The summed E-state index contributed by atoms with van der Waals surface area (Å²) in [5.74, 6) is -1.85. The van der Waals surface area contributed by atoms with Gasteiger partial charge >= 0.3 is 0 Å². The van der Waals surface area contributed by atoms with Gasteiger partial charge in [0.05, 0.1) is 15.6 Å². The Morgan fingerprint density at radius 2 is 1.54 bits per heavy atom. The first-order chi connectivity index (χ1) is 19.4. The number of carbonyl (C=O) groups excluding carboxylic acids is 2. The fourth-order valence-corrected chi connectivity index (χ4v) is 6.22. The van der Waals surface area contributed by atoms with Crippen molar-refractivity contribution < 1.29 is 22.4 Å². The highest BCUT2D eigenvalue weighted by Crippen LogP contribution is 2.30. The maximum Gasteiger partial charge on any atom is 0.264 e. The van der Waals surface area contributed by atoms with E-state index in [2.05, 4.69) is 5.32 Å². The highest BCUT2D eigenvalue weighted by molar-refractivity contribution is 7.92. The minimum Gasteiger partial charge on any atom is -0.352 e. The van der Waals surface area contributed by atoms with Gasteiger partial charge in [0.1, 0.15) is 18.4 Å². The number of anilines is 1. The van der Waals surface area contributed by atoms with Gasteiger partial charge < -0.3 is 10.2 Å². The summed E-state index contributed by atoms with van der Waals surface area (Å²) < 4.78 is 42.5. The lowest BCUT2D eigenvalue weighted by atomic mass is 10.1. The number of nitrogens with zero attached hydrogens (tertiary/aromatic N) is 2. The van der Waals surface area contributed by atoms with Crippen LogP contribution >= 0.6 is 34.8 Å². The Kier molecular flexibility index (Phi) is 11.4. The molecule has 0 bridgehead atoms. The smallest absolute Gasteiger partial charge is 0.264 e. The normalized spacial score (nSPS) is 12.9. The third-order valence-corrected chi connectivity index (χ3v) is 9.36. The van der Waals surface area contributed by atoms with E-state index in [4.69, 9.17) is 34.8 Å². The lowest BCUT2D eigenvalue weighted by Gasteiger charge is -2.34. The molecule has 0 aliphatic carbocycles. The molecule has 220 valence electrons. The topological polar surface area (TPSA) is 86.8 Å². The lowest BCUT2D eigenvalue weighted by Crippen LogP contribution is -2.53. The van der Waals surface area contributed by atoms with Gasteiger partial charge in [-0.05, 0) is 62.2 Å². The molecule has 0 aliphatic rings. The number of amides is 2. The number of benzene rings is 3. The standard InChI is InChI=1S/C29H31Cl3FN3O4S/c1-4-19(3)34-29(38)27(5-2)35(17-22-23(30)12-9-13-24(22)31)28(37)18-36(20-14-15-26(33)25(32)16-20)41(39,40)21-10-7-6-8-11-21/h6-16,19,27H,4-5,17-18H2,1-3H3,(H,34,38)/t19-,27-/m1/s1. The minimum absolute atomic E-state index is 0.0264. The van der Waals surface area contributed by atoms with E-state index in [9.17, 15) is 22.4 Å². The van der Waals surface area contributed by atoms with Gasteiger partial charge in [0, 0.05) is 28.2 Å². The van der Waals surface area contributed by atoms with Crippen molar-refractivity contribution in [1.82, 2.24) is 10.2 Å². The summed E-state index contributed by atoms with van der Waals surface area (Å²) in [6.07, 6.45) is 0.894. The first-order valence-electron chi connectivity index (χ1n) is 13.0. The summed E-state index contributed by atoms with van der Waals surface area (Å²) in [5, 5.41) is 3.15. The van der Waals surface area contributed by atoms with Crippen molar-refractivity contribution in [1.29, 1.82) is 0 Å². The first-order valence-corrected chi connectivity index (χ1v) is 15.5. The number of sulfonamides is 1. The maximum absolute atomic E-state index is 14.1. The Hall–Kier alpha value is -2.85. The summed E-state index contributed by atoms with van der Waals surface area (Å²) >= 11 is 18.8. The average molecular weight is 643 g/mol. The molecule has 1 N–H and O–H groups in total. The monoisotopic (exact) mass is 641 g/mol. The van der Waals surface area contributed by atoms with Gasteiger partial charge in [0.15, 0.2) is 0 Å². The van der Waals surface area contributed by atoms with Gasteiger partial charge in [-0.1, -0.05) is 72.9 Å². The van der Waals surface area contributed by atoms with E-state index < -0.39 is 40.2 Å². The van der Waals surface area contributed by atoms with Crippen LogP contribution in [0.4, 0.5) is 10.1 Å². The van der Waals surface area contributed by atoms with E-state index in [0.29, 0.717) is 12.0 Å². The van der Waals surface area contributed by atoms with Crippen LogP contribution in [0.15, 0.2) is 71.6 Å². The molecule has 0 saturated carbocycles. The predicted octanol–water partition coefficient (Wildman–Crippen LogP) is 6.70. The molecule has 0 spiro atoms. The fraction of sp³-hybridized carbons (Fsp3) is 0.310. The Morgan fingerprint density at radius 3 is 2.10 bits per heavy atom.